The lowest BCUT2D eigenvalue weighted by Crippen LogP contribution is -2.59. The summed E-state index contributed by atoms with van der Waals surface area (Å²) in [7, 11) is 0. The molecule has 3 heteroatoms. The Hall–Kier alpha value is -1.38. The Labute approximate surface area is 162 Å². The minimum absolute atomic E-state index is 0.169. The number of allylic oxidation sites excluding steroid dienone is 5. The third kappa shape index (κ3) is 2.39. The van der Waals surface area contributed by atoms with E-state index in [0.717, 1.165) is 31.3 Å². The Morgan fingerprint density at radius 3 is 2.74 bits per heavy atom. The fourth-order valence-corrected chi connectivity index (χ4v) is 7.35. The highest BCUT2D eigenvalue weighted by molar-refractivity contribution is 5.69. The summed E-state index contributed by atoms with van der Waals surface area (Å²) in [5.41, 5.74) is -1.00. The van der Waals surface area contributed by atoms with Gasteiger partial charge < -0.3 is 4.74 Å². The number of halogens is 1. The van der Waals surface area contributed by atoms with Crippen LogP contribution in [0.4, 0.5) is 4.39 Å². The van der Waals surface area contributed by atoms with Crippen LogP contribution in [0.25, 0.3) is 0 Å². The van der Waals surface area contributed by atoms with Crippen LogP contribution in [0.1, 0.15) is 66.7 Å². The van der Waals surface area contributed by atoms with E-state index >= 15 is 4.39 Å². The molecule has 2 fully saturated rings. The molecule has 0 radical (unpaired) electrons. The molecule has 2 nitrogen and oxygen atoms in total. The van der Waals surface area contributed by atoms with Gasteiger partial charge in [-0.1, -0.05) is 45.4 Å². The van der Waals surface area contributed by atoms with Gasteiger partial charge in [-0.15, -0.1) is 0 Å². The van der Waals surface area contributed by atoms with Crippen LogP contribution < -0.4 is 0 Å². The predicted octanol–water partition coefficient (Wildman–Crippen LogP) is 6.15. The monoisotopic (exact) mass is 372 g/mol. The Bertz CT molecular complexity index is 749. The van der Waals surface area contributed by atoms with Crippen molar-refractivity contribution >= 4 is 5.97 Å². The molecule has 0 unspecified atom stereocenters. The summed E-state index contributed by atoms with van der Waals surface area (Å²) in [6, 6.07) is 0. The van der Waals surface area contributed by atoms with Crippen LogP contribution in [0.2, 0.25) is 0 Å². The van der Waals surface area contributed by atoms with E-state index in [1.807, 2.05) is 25.2 Å². The van der Waals surface area contributed by atoms with Crippen molar-refractivity contribution in [2.75, 3.05) is 0 Å². The van der Waals surface area contributed by atoms with E-state index in [2.05, 4.69) is 26.8 Å². The Kier molecular flexibility index (Phi) is 4.25. The first kappa shape index (κ1) is 19.0. The summed E-state index contributed by atoms with van der Waals surface area (Å²) < 4.78 is 22.6. The molecular weight excluding hydrogens is 339 g/mol. The molecule has 0 amide bonds. The van der Waals surface area contributed by atoms with Gasteiger partial charge in [-0.25, -0.2) is 4.39 Å². The molecule has 0 spiro atoms. The van der Waals surface area contributed by atoms with Gasteiger partial charge in [0.05, 0.1) is 0 Å². The second-order valence-corrected chi connectivity index (χ2v) is 9.81. The predicted molar refractivity (Wildman–Crippen MR) is 106 cm³/mol. The maximum absolute atomic E-state index is 16.9. The Morgan fingerprint density at radius 2 is 2.07 bits per heavy atom. The molecule has 2 saturated carbocycles. The Balaban J connectivity index is 1.86. The van der Waals surface area contributed by atoms with E-state index in [9.17, 15) is 4.79 Å². The van der Waals surface area contributed by atoms with Crippen molar-refractivity contribution in [2.45, 2.75) is 72.4 Å². The van der Waals surface area contributed by atoms with Crippen molar-refractivity contribution in [3.63, 3.8) is 0 Å². The van der Waals surface area contributed by atoms with E-state index in [0.29, 0.717) is 29.9 Å². The summed E-state index contributed by atoms with van der Waals surface area (Å²) in [5, 5.41) is 0. The van der Waals surface area contributed by atoms with Crippen LogP contribution in [0.15, 0.2) is 35.6 Å². The summed E-state index contributed by atoms with van der Waals surface area (Å²) in [6.45, 7) is 10.4. The number of hydrogen-bond donors (Lipinski definition) is 0. The van der Waals surface area contributed by atoms with Gasteiger partial charge in [0.25, 0.3) is 0 Å². The van der Waals surface area contributed by atoms with E-state index in [1.165, 1.54) is 6.92 Å². The highest BCUT2D eigenvalue weighted by Crippen LogP contribution is 2.69. The highest BCUT2D eigenvalue weighted by Gasteiger charge is 2.67. The number of esters is 1. The Morgan fingerprint density at radius 1 is 1.33 bits per heavy atom. The van der Waals surface area contributed by atoms with Gasteiger partial charge in [-0.2, -0.15) is 0 Å². The summed E-state index contributed by atoms with van der Waals surface area (Å²) >= 11 is 0. The molecule has 0 bridgehead atoms. The molecule has 4 aliphatic carbocycles. The lowest BCUT2D eigenvalue weighted by atomic mass is 9.47. The quantitative estimate of drug-likeness (QED) is 0.429. The van der Waals surface area contributed by atoms with E-state index < -0.39 is 11.1 Å². The second kappa shape index (κ2) is 6.06. The molecule has 7 atom stereocenters. The van der Waals surface area contributed by atoms with Gasteiger partial charge in [0.1, 0.15) is 11.4 Å². The SMILES string of the molecule is CC[C@H]1[C@@H](C)C[C@H]2[C@@H]3C=C(OC(C)=O)C4=CCC=C[C@]4(C)[C@@]3(F)CC[C@]12C. The van der Waals surface area contributed by atoms with Crippen LogP contribution in [0.3, 0.4) is 0 Å². The third-order valence-corrected chi connectivity index (χ3v) is 8.62. The molecule has 4 rings (SSSR count). The van der Waals surface area contributed by atoms with Gasteiger partial charge >= 0.3 is 5.97 Å². The molecule has 0 saturated heterocycles. The second-order valence-electron chi connectivity index (χ2n) is 9.81. The largest absolute Gasteiger partial charge is 0.427 e. The summed E-state index contributed by atoms with van der Waals surface area (Å²) in [6.07, 6.45) is 12.7. The van der Waals surface area contributed by atoms with Gasteiger partial charge in [0.15, 0.2) is 0 Å². The third-order valence-electron chi connectivity index (χ3n) is 8.62. The topological polar surface area (TPSA) is 26.3 Å². The van der Waals surface area contributed by atoms with Crippen molar-refractivity contribution in [1.82, 2.24) is 0 Å². The number of ether oxygens (including phenoxy) is 1. The maximum atomic E-state index is 16.9. The van der Waals surface area contributed by atoms with Gasteiger partial charge in [0.2, 0.25) is 0 Å². The molecule has 0 aromatic rings. The lowest BCUT2D eigenvalue weighted by molar-refractivity contribution is -0.138. The zero-order valence-corrected chi connectivity index (χ0v) is 17.3. The van der Waals surface area contributed by atoms with Gasteiger partial charge in [-0.3, -0.25) is 4.79 Å². The molecule has 4 aliphatic rings. The van der Waals surface area contributed by atoms with Crippen molar-refractivity contribution in [1.29, 1.82) is 0 Å². The smallest absolute Gasteiger partial charge is 0.308 e. The van der Waals surface area contributed by atoms with Crippen LogP contribution in [0.5, 0.6) is 0 Å². The first-order chi connectivity index (χ1) is 12.7. The molecule has 0 aromatic carbocycles. The van der Waals surface area contributed by atoms with E-state index in [4.69, 9.17) is 4.74 Å². The minimum Gasteiger partial charge on any atom is -0.427 e. The molecule has 148 valence electrons. The minimum atomic E-state index is -1.31. The molecular formula is C24H33FO2. The lowest BCUT2D eigenvalue weighted by Gasteiger charge is -2.59. The van der Waals surface area contributed by atoms with Crippen LogP contribution in [-0.2, 0) is 9.53 Å². The number of carbonyl (C=O) groups is 1. The molecule has 0 aromatic heterocycles. The zero-order valence-electron chi connectivity index (χ0n) is 17.3. The average molecular weight is 373 g/mol. The molecule has 0 aliphatic heterocycles. The number of hydrogen-bond acceptors (Lipinski definition) is 2. The molecule has 0 heterocycles. The molecule has 0 N–H and O–H groups in total. The molecule has 27 heavy (non-hydrogen) atoms. The standard InChI is InChI=1S/C24H33FO2/c1-6-17-15(2)13-19-20-14-21(27-16(3)26)18-9-7-8-10-23(18,5)24(20,25)12-11-22(17,19)4/h8-10,14-15,17,19-20H,6-7,11-13H2,1-5H3/t15-,17-,19-,20-,22+,23-,24+/m0/s1. The van der Waals surface area contributed by atoms with E-state index in [-0.39, 0.29) is 17.3 Å². The van der Waals surface area contributed by atoms with Crippen molar-refractivity contribution in [3.8, 4) is 0 Å². The van der Waals surface area contributed by atoms with Crippen molar-refractivity contribution in [3.05, 3.63) is 35.6 Å². The summed E-state index contributed by atoms with van der Waals surface area (Å²) in [5.74, 6) is 1.64. The summed E-state index contributed by atoms with van der Waals surface area (Å²) in [4.78, 5) is 11.8. The van der Waals surface area contributed by atoms with Crippen molar-refractivity contribution in [2.24, 2.45) is 34.5 Å². The van der Waals surface area contributed by atoms with Gasteiger partial charge in [-0.05, 0) is 61.9 Å². The van der Waals surface area contributed by atoms with Crippen LogP contribution in [-0.4, -0.2) is 11.6 Å². The van der Waals surface area contributed by atoms with Crippen LogP contribution >= 0.6 is 0 Å². The van der Waals surface area contributed by atoms with E-state index in [1.54, 1.807) is 0 Å². The first-order valence-corrected chi connectivity index (χ1v) is 10.6. The number of alkyl halides is 1. The first-order valence-electron chi connectivity index (χ1n) is 10.6. The fourth-order valence-electron chi connectivity index (χ4n) is 7.35. The maximum Gasteiger partial charge on any atom is 0.308 e. The van der Waals surface area contributed by atoms with Crippen LogP contribution in [0, 0.1) is 34.5 Å². The average Bonchev–Trinajstić information content (AvgIpc) is 2.86. The number of rotatable bonds is 2. The van der Waals surface area contributed by atoms with Gasteiger partial charge in [0, 0.05) is 23.8 Å². The normalized spacial score (nSPS) is 48.1. The highest BCUT2D eigenvalue weighted by atomic mass is 19.1. The number of fused-ring (bicyclic) bond motifs is 5. The number of carbonyl (C=O) groups excluding carboxylic acids is 1. The zero-order chi connectivity index (χ0) is 19.6. The fraction of sp³-hybridized carbons (Fsp3) is 0.708. The van der Waals surface area contributed by atoms with Crippen molar-refractivity contribution < 1.29 is 13.9 Å².